The number of aliphatic hydroxyl groups excluding tert-OH is 1. The van der Waals surface area contributed by atoms with Crippen LogP contribution in [0, 0.1) is 0 Å². The predicted octanol–water partition coefficient (Wildman–Crippen LogP) is 0.129. The maximum atomic E-state index is 11.5. The number of rotatable bonds is 5. The molecule has 7 heteroatoms. The highest BCUT2D eigenvalue weighted by molar-refractivity contribution is 7.91. The van der Waals surface area contributed by atoms with Crippen LogP contribution in [-0.4, -0.2) is 62.3 Å². The summed E-state index contributed by atoms with van der Waals surface area (Å²) in [7, 11) is -2.91. The minimum atomic E-state index is -2.91. The first-order valence-corrected chi connectivity index (χ1v) is 8.86. The Balaban J connectivity index is 1.76. The van der Waals surface area contributed by atoms with Gasteiger partial charge in [0.2, 0.25) is 0 Å². The minimum absolute atomic E-state index is 0.165. The van der Waals surface area contributed by atoms with Crippen LogP contribution in [0.5, 0.6) is 5.75 Å². The summed E-state index contributed by atoms with van der Waals surface area (Å²) >= 11 is 0. The molecule has 3 N–H and O–H groups in total. The third-order valence-corrected chi connectivity index (χ3v) is 5.15. The Morgan fingerprint density at radius 1 is 1.24 bits per heavy atom. The van der Waals surface area contributed by atoms with Crippen LogP contribution in [0.3, 0.4) is 0 Å². The Kier molecular flexibility index (Phi) is 5.44. The number of ether oxygens (including phenoxy) is 1. The fourth-order valence-corrected chi connectivity index (χ4v) is 3.59. The van der Waals surface area contributed by atoms with E-state index in [-0.39, 0.29) is 18.1 Å². The molecule has 0 amide bonds. The molecule has 1 fully saturated rings. The van der Waals surface area contributed by atoms with Gasteiger partial charge >= 0.3 is 0 Å². The van der Waals surface area contributed by atoms with E-state index in [4.69, 9.17) is 10.5 Å². The molecule has 0 aromatic heterocycles. The number of nitrogens with two attached hydrogens (primary N) is 1. The molecule has 1 unspecified atom stereocenters. The number of anilines is 1. The lowest BCUT2D eigenvalue weighted by molar-refractivity contribution is 0.0707. The van der Waals surface area contributed by atoms with Gasteiger partial charge in [-0.1, -0.05) is 0 Å². The van der Waals surface area contributed by atoms with Gasteiger partial charge in [0.25, 0.3) is 0 Å². The monoisotopic (exact) mass is 314 g/mol. The van der Waals surface area contributed by atoms with Gasteiger partial charge < -0.3 is 15.6 Å². The van der Waals surface area contributed by atoms with Crippen molar-refractivity contribution in [2.75, 3.05) is 43.5 Å². The maximum Gasteiger partial charge on any atom is 0.151 e. The third kappa shape index (κ3) is 5.53. The van der Waals surface area contributed by atoms with E-state index in [1.54, 1.807) is 24.3 Å². The summed E-state index contributed by atoms with van der Waals surface area (Å²) in [5.74, 6) is 1.06. The summed E-state index contributed by atoms with van der Waals surface area (Å²) in [6.45, 7) is 1.76. The lowest BCUT2D eigenvalue weighted by atomic mass is 10.3. The lowest BCUT2D eigenvalue weighted by Crippen LogP contribution is -2.37. The van der Waals surface area contributed by atoms with Crippen molar-refractivity contribution in [2.45, 2.75) is 12.5 Å². The molecular formula is C14H22N2O4S. The van der Waals surface area contributed by atoms with Crippen LogP contribution in [0.25, 0.3) is 0 Å². The Morgan fingerprint density at radius 3 is 2.67 bits per heavy atom. The average molecular weight is 314 g/mol. The standard InChI is InChI=1S/C14H22N2O4S/c15-12-2-4-14(5-3-12)20-11-13(17)10-16-6-1-8-21(18,19)9-7-16/h2-5,13,17H,1,6-11,15H2. The first kappa shape index (κ1) is 16.1. The number of nitrogen functional groups attached to an aromatic ring is 1. The maximum absolute atomic E-state index is 11.5. The van der Waals surface area contributed by atoms with E-state index in [1.165, 1.54) is 0 Å². The van der Waals surface area contributed by atoms with E-state index in [2.05, 4.69) is 0 Å². The van der Waals surface area contributed by atoms with Gasteiger partial charge in [-0.25, -0.2) is 8.42 Å². The molecule has 1 heterocycles. The number of benzene rings is 1. The van der Waals surface area contributed by atoms with E-state index in [9.17, 15) is 13.5 Å². The number of sulfone groups is 1. The minimum Gasteiger partial charge on any atom is -0.491 e. The van der Waals surface area contributed by atoms with Crippen LogP contribution in [-0.2, 0) is 9.84 Å². The molecule has 1 aromatic rings. The number of aliphatic hydroxyl groups is 1. The summed E-state index contributed by atoms with van der Waals surface area (Å²) < 4.78 is 28.5. The Bertz CT molecular complexity index is 545. The zero-order chi connectivity index (χ0) is 15.3. The van der Waals surface area contributed by atoms with Crippen LogP contribution in [0.1, 0.15) is 6.42 Å². The second-order valence-electron chi connectivity index (χ2n) is 5.34. The largest absolute Gasteiger partial charge is 0.491 e. The van der Waals surface area contributed by atoms with E-state index < -0.39 is 15.9 Å². The second kappa shape index (κ2) is 7.11. The molecule has 2 rings (SSSR count). The molecule has 1 aliphatic rings. The molecule has 1 saturated heterocycles. The van der Waals surface area contributed by atoms with Crippen molar-refractivity contribution in [2.24, 2.45) is 0 Å². The van der Waals surface area contributed by atoms with E-state index in [0.717, 1.165) is 0 Å². The highest BCUT2D eigenvalue weighted by Crippen LogP contribution is 2.13. The molecule has 0 aliphatic carbocycles. The topological polar surface area (TPSA) is 92.9 Å². The first-order valence-electron chi connectivity index (χ1n) is 7.04. The highest BCUT2D eigenvalue weighted by atomic mass is 32.2. The van der Waals surface area contributed by atoms with E-state index >= 15 is 0 Å². The fourth-order valence-electron chi connectivity index (χ4n) is 2.28. The molecule has 1 aliphatic heterocycles. The number of β-amino-alcohol motifs (C(OH)–C–C–N with tert-alkyl or cyclic N) is 1. The quantitative estimate of drug-likeness (QED) is 0.751. The smallest absolute Gasteiger partial charge is 0.151 e. The molecular weight excluding hydrogens is 292 g/mol. The number of hydrogen-bond donors (Lipinski definition) is 2. The van der Waals surface area contributed by atoms with Crippen LogP contribution in [0.15, 0.2) is 24.3 Å². The summed E-state index contributed by atoms with van der Waals surface area (Å²) in [5, 5.41) is 10.00. The lowest BCUT2D eigenvalue weighted by Gasteiger charge is -2.22. The highest BCUT2D eigenvalue weighted by Gasteiger charge is 2.20. The van der Waals surface area contributed by atoms with Crippen molar-refractivity contribution in [1.82, 2.24) is 4.90 Å². The van der Waals surface area contributed by atoms with Gasteiger partial charge in [0, 0.05) is 18.8 Å². The molecule has 0 bridgehead atoms. The van der Waals surface area contributed by atoms with Crippen LogP contribution in [0.2, 0.25) is 0 Å². The molecule has 0 radical (unpaired) electrons. The van der Waals surface area contributed by atoms with Crippen molar-refractivity contribution in [3.63, 3.8) is 0 Å². The summed E-state index contributed by atoms with van der Waals surface area (Å²) in [6, 6.07) is 6.98. The summed E-state index contributed by atoms with van der Waals surface area (Å²) in [4.78, 5) is 1.97. The van der Waals surface area contributed by atoms with Crippen molar-refractivity contribution >= 4 is 15.5 Å². The fraction of sp³-hybridized carbons (Fsp3) is 0.571. The van der Waals surface area contributed by atoms with Crippen molar-refractivity contribution in [3.8, 4) is 5.75 Å². The third-order valence-electron chi connectivity index (χ3n) is 3.44. The van der Waals surface area contributed by atoms with Crippen LogP contribution < -0.4 is 10.5 Å². The zero-order valence-electron chi connectivity index (χ0n) is 11.9. The Morgan fingerprint density at radius 2 is 1.95 bits per heavy atom. The number of hydrogen-bond acceptors (Lipinski definition) is 6. The molecule has 1 aromatic carbocycles. The Hall–Kier alpha value is -1.31. The van der Waals surface area contributed by atoms with E-state index in [0.29, 0.717) is 37.5 Å². The molecule has 21 heavy (non-hydrogen) atoms. The summed E-state index contributed by atoms with van der Waals surface area (Å²) in [6.07, 6.45) is -0.0307. The normalized spacial score (nSPS) is 20.6. The average Bonchev–Trinajstić information content (AvgIpc) is 2.60. The van der Waals surface area contributed by atoms with Crippen molar-refractivity contribution < 1.29 is 18.3 Å². The number of nitrogens with zero attached hydrogens (tertiary/aromatic N) is 1. The van der Waals surface area contributed by atoms with Crippen molar-refractivity contribution in [3.05, 3.63) is 24.3 Å². The Labute approximate surface area is 125 Å². The van der Waals surface area contributed by atoms with Crippen LogP contribution in [0.4, 0.5) is 5.69 Å². The first-order chi connectivity index (χ1) is 9.94. The van der Waals surface area contributed by atoms with Gasteiger partial charge in [0.15, 0.2) is 9.84 Å². The van der Waals surface area contributed by atoms with Gasteiger partial charge in [-0.2, -0.15) is 0 Å². The van der Waals surface area contributed by atoms with Gasteiger partial charge in [-0.3, -0.25) is 4.90 Å². The van der Waals surface area contributed by atoms with Gasteiger partial charge in [-0.15, -0.1) is 0 Å². The van der Waals surface area contributed by atoms with Gasteiger partial charge in [-0.05, 0) is 37.2 Å². The van der Waals surface area contributed by atoms with Crippen molar-refractivity contribution in [1.29, 1.82) is 0 Å². The predicted molar refractivity (Wildman–Crippen MR) is 82.1 cm³/mol. The van der Waals surface area contributed by atoms with E-state index in [1.807, 2.05) is 4.90 Å². The molecule has 0 spiro atoms. The SMILES string of the molecule is Nc1ccc(OCC(O)CN2CCCS(=O)(=O)CC2)cc1. The summed E-state index contributed by atoms with van der Waals surface area (Å²) in [5.41, 5.74) is 6.24. The molecule has 6 nitrogen and oxygen atoms in total. The zero-order valence-corrected chi connectivity index (χ0v) is 12.8. The molecule has 118 valence electrons. The molecule has 0 saturated carbocycles. The van der Waals surface area contributed by atoms with Crippen LogP contribution >= 0.6 is 0 Å². The van der Waals surface area contributed by atoms with Gasteiger partial charge in [0.05, 0.1) is 11.5 Å². The molecule has 1 atom stereocenters. The second-order valence-corrected chi connectivity index (χ2v) is 7.64. The van der Waals surface area contributed by atoms with Gasteiger partial charge in [0.1, 0.15) is 18.5 Å².